The van der Waals surface area contributed by atoms with Gasteiger partial charge in [-0.25, -0.2) is 15.0 Å². The Balaban J connectivity index is 1.62. The quantitative estimate of drug-likeness (QED) is 0.794. The Hall–Kier alpha value is -2.18. The molecule has 0 amide bonds. The highest BCUT2D eigenvalue weighted by Gasteiger charge is 2.18. The molecule has 0 aliphatic carbocycles. The molecule has 1 N–H and O–H groups in total. The van der Waals surface area contributed by atoms with E-state index in [2.05, 4.69) is 20.3 Å². The number of rotatable bonds is 4. The lowest BCUT2D eigenvalue weighted by atomic mass is 10.2. The summed E-state index contributed by atoms with van der Waals surface area (Å²) in [7, 11) is 0. The highest BCUT2D eigenvalue weighted by Crippen LogP contribution is 2.24. The van der Waals surface area contributed by atoms with Gasteiger partial charge < -0.3 is 14.6 Å². The van der Waals surface area contributed by atoms with E-state index in [1.807, 2.05) is 28.8 Å². The molecule has 3 aromatic rings. The Morgan fingerprint density at radius 2 is 2.09 bits per heavy atom. The van der Waals surface area contributed by atoms with Gasteiger partial charge in [0.15, 0.2) is 17.0 Å². The van der Waals surface area contributed by atoms with E-state index in [0.29, 0.717) is 10.8 Å². The molecule has 1 aliphatic heterocycles. The minimum Gasteiger partial charge on any atom is -0.376 e. The van der Waals surface area contributed by atoms with Gasteiger partial charge in [-0.15, -0.1) is 0 Å². The number of hydrogen-bond acceptors (Lipinski definition) is 5. The Morgan fingerprint density at radius 1 is 1.22 bits per heavy atom. The van der Waals surface area contributed by atoms with Crippen LogP contribution in [-0.2, 0) is 11.3 Å². The van der Waals surface area contributed by atoms with Crippen molar-refractivity contribution in [3.8, 4) is 0 Å². The Morgan fingerprint density at radius 3 is 2.87 bits per heavy atom. The van der Waals surface area contributed by atoms with Gasteiger partial charge in [0.2, 0.25) is 0 Å². The zero-order chi connectivity index (χ0) is 15.6. The van der Waals surface area contributed by atoms with Crippen molar-refractivity contribution < 1.29 is 4.74 Å². The lowest BCUT2D eigenvalue weighted by molar-refractivity contribution is 0.0978. The molecule has 0 radical (unpaired) electrons. The van der Waals surface area contributed by atoms with Crippen molar-refractivity contribution in [2.24, 2.45) is 0 Å². The smallest absolute Gasteiger partial charge is 0.165 e. The average molecular weight is 330 g/mol. The largest absolute Gasteiger partial charge is 0.376 e. The van der Waals surface area contributed by atoms with Crippen molar-refractivity contribution >= 4 is 34.3 Å². The van der Waals surface area contributed by atoms with Crippen LogP contribution in [0.2, 0.25) is 5.02 Å². The predicted octanol–water partition coefficient (Wildman–Crippen LogP) is 3.40. The number of halogens is 1. The van der Waals surface area contributed by atoms with E-state index in [1.54, 1.807) is 12.7 Å². The topological polar surface area (TPSA) is 64.9 Å². The summed E-state index contributed by atoms with van der Waals surface area (Å²) in [5, 5.41) is 3.96. The molecule has 1 aliphatic rings. The lowest BCUT2D eigenvalue weighted by Gasteiger charge is -2.10. The number of fused-ring (bicyclic) bond motifs is 1. The zero-order valence-electron chi connectivity index (χ0n) is 12.4. The molecule has 1 unspecified atom stereocenters. The number of ether oxygens (including phenoxy) is 1. The van der Waals surface area contributed by atoms with E-state index in [4.69, 9.17) is 16.3 Å². The predicted molar refractivity (Wildman–Crippen MR) is 89.0 cm³/mol. The number of aromatic nitrogens is 4. The van der Waals surface area contributed by atoms with Gasteiger partial charge in [0.05, 0.1) is 19.0 Å². The standard InChI is InChI=1S/C16H16ClN5O/c17-11-3-5-12(6-4-11)21-15-14-16(19-9-18-15)22(10-20-14)8-13-2-1-7-23-13/h3-6,9-10,13H,1-2,7-8H2,(H,18,19,21). The van der Waals surface area contributed by atoms with Crippen molar-refractivity contribution in [3.63, 3.8) is 0 Å². The molecule has 0 spiro atoms. The fourth-order valence-electron chi connectivity index (χ4n) is 2.78. The second kappa shape index (κ2) is 6.14. The molecule has 1 atom stereocenters. The Bertz CT molecular complexity index is 811. The van der Waals surface area contributed by atoms with Crippen molar-refractivity contribution in [2.45, 2.75) is 25.5 Å². The van der Waals surface area contributed by atoms with Gasteiger partial charge in [-0.2, -0.15) is 0 Å². The maximum Gasteiger partial charge on any atom is 0.165 e. The average Bonchev–Trinajstić information content (AvgIpc) is 3.21. The summed E-state index contributed by atoms with van der Waals surface area (Å²) in [4.78, 5) is 13.1. The second-order valence-corrected chi connectivity index (χ2v) is 5.99. The van der Waals surface area contributed by atoms with Crippen LogP contribution in [0.3, 0.4) is 0 Å². The minimum absolute atomic E-state index is 0.245. The van der Waals surface area contributed by atoms with Crippen LogP contribution in [0.25, 0.3) is 11.2 Å². The summed E-state index contributed by atoms with van der Waals surface area (Å²) >= 11 is 5.91. The summed E-state index contributed by atoms with van der Waals surface area (Å²) in [5.41, 5.74) is 2.47. The van der Waals surface area contributed by atoms with Gasteiger partial charge in [0.1, 0.15) is 6.33 Å². The van der Waals surface area contributed by atoms with Crippen molar-refractivity contribution in [3.05, 3.63) is 41.9 Å². The van der Waals surface area contributed by atoms with Gasteiger partial charge in [0, 0.05) is 17.3 Å². The Kier molecular flexibility index (Phi) is 3.85. The summed E-state index contributed by atoms with van der Waals surface area (Å²) in [6.45, 7) is 1.61. The van der Waals surface area contributed by atoms with Crippen molar-refractivity contribution in [1.29, 1.82) is 0 Å². The van der Waals surface area contributed by atoms with E-state index < -0.39 is 0 Å². The molecule has 0 saturated carbocycles. The highest BCUT2D eigenvalue weighted by molar-refractivity contribution is 6.30. The van der Waals surface area contributed by atoms with Gasteiger partial charge in [-0.1, -0.05) is 11.6 Å². The van der Waals surface area contributed by atoms with E-state index in [1.165, 1.54) is 0 Å². The number of nitrogens with one attached hydrogen (secondary N) is 1. The third-order valence-corrected chi connectivity index (χ3v) is 4.18. The van der Waals surface area contributed by atoms with Crippen molar-refractivity contribution in [1.82, 2.24) is 19.5 Å². The fraction of sp³-hybridized carbons (Fsp3) is 0.312. The Labute approximate surface area is 138 Å². The molecule has 0 bridgehead atoms. The van der Waals surface area contributed by atoms with Crippen molar-refractivity contribution in [2.75, 3.05) is 11.9 Å². The number of imidazole rings is 1. The third-order valence-electron chi connectivity index (χ3n) is 3.93. The van der Waals surface area contributed by atoms with Crippen LogP contribution in [0.1, 0.15) is 12.8 Å². The number of benzene rings is 1. The van der Waals surface area contributed by atoms with E-state index in [9.17, 15) is 0 Å². The minimum atomic E-state index is 0.245. The summed E-state index contributed by atoms with van der Waals surface area (Å²) in [5.74, 6) is 0.684. The molecule has 23 heavy (non-hydrogen) atoms. The first-order valence-electron chi connectivity index (χ1n) is 7.59. The number of anilines is 2. The molecule has 3 heterocycles. The van der Waals surface area contributed by atoms with E-state index in [0.717, 1.165) is 42.8 Å². The van der Waals surface area contributed by atoms with Crippen LogP contribution in [-0.4, -0.2) is 32.2 Å². The van der Waals surface area contributed by atoms with Gasteiger partial charge in [-0.05, 0) is 37.1 Å². The molecular weight excluding hydrogens is 314 g/mol. The number of nitrogens with zero attached hydrogens (tertiary/aromatic N) is 4. The van der Waals surface area contributed by atoms with Crippen LogP contribution in [0, 0.1) is 0 Å². The van der Waals surface area contributed by atoms with Gasteiger partial charge >= 0.3 is 0 Å². The monoisotopic (exact) mass is 329 g/mol. The molecular formula is C16H16ClN5O. The van der Waals surface area contributed by atoms with Crippen LogP contribution < -0.4 is 5.32 Å². The lowest BCUT2D eigenvalue weighted by Crippen LogP contribution is -2.14. The maximum atomic E-state index is 5.91. The SMILES string of the molecule is Clc1ccc(Nc2ncnc3c2ncn3CC2CCCO2)cc1. The van der Waals surface area contributed by atoms with Crippen LogP contribution in [0.15, 0.2) is 36.9 Å². The molecule has 6 nitrogen and oxygen atoms in total. The number of hydrogen-bond donors (Lipinski definition) is 1. The van der Waals surface area contributed by atoms with E-state index in [-0.39, 0.29) is 6.10 Å². The highest BCUT2D eigenvalue weighted by atomic mass is 35.5. The summed E-state index contributed by atoms with van der Waals surface area (Å²) < 4.78 is 7.72. The molecule has 7 heteroatoms. The first-order valence-corrected chi connectivity index (χ1v) is 7.97. The third kappa shape index (κ3) is 3.00. The molecule has 2 aromatic heterocycles. The van der Waals surface area contributed by atoms with Crippen LogP contribution >= 0.6 is 11.6 Å². The molecule has 1 aromatic carbocycles. The molecule has 1 saturated heterocycles. The first-order chi connectivity index (χ1) is 11.3. The molecule has 118 valence electrons. The normalized spacial score (nSPS) is 17.7. The molecule has 4 rings (SSSR count). The first kappa shape index (κ1) is 14.4. The van der Waals surface area contributed by atoms with Gasteiger partial charge in [0.25, 0.3) is 0 Å². The maximum absolute atomic E-state index is 5.91. The molecule has 1 fully saturated rings. The zero-order valence-corrected chi connectivity index (χ0v) is 13.2. The van der Waals surface area contributed by atoms with Gasteiger partial charge in [-0.3, -0.25) is 0 Å². The second-order valence-electron chi connectivity index (χ2n) is 5.56. The summed E-state index contributed by atoms with van der Waals surface area (Å²) in [6.07, 6.45) is 5.80. The van der Waals surface area contributed by atoms with Crippen LogP contribution in [0.4, 0.5) is 11.5 Å². The fourth-order valence-corrected chi connectivity index (χ4v) is 2.91. The summed E-state index contributed by atoms with van der Waals surface area (Å²) in [6, 6.07) is 7.47. The van der Waals surface area contributed by atoms with E-state index >= 15 is 0 Å². The van der Waals surface area contributed by atoms with Crippen LogP contribution in [0.5, 0.6) is 0 Å².